The van der Waals surface area contributed by atoms with Crippen molar-refractivity contribution in [3.8, 4) is 0 Å². The number of halogens is 2. The predicted octanol–water partition coefficient (Wildman–Crippen LogP) is 3.79. The molecular formula is C13H10Cl2N6O. The molecule has 1 aromatic carbocycles. The Kier molecular flexibility index (Phi) is 4.10. The lowest BCUT2D eigenvalue weighted by Gasteiger charge is -2.09. The van der Waals surface area contributed by atoms with E-state index >= 15 is 0 Å². The second-order valence-electron chi connectivity index (χ2n) is 4.54. The lowest BCUT2D eigenvalue weighted by molar-refractivity contribution is 0.207. The van der Waals surface area contributed by atoms with Gasteiger partial charge in [0, 0.05) is 18.4 Å². The van der Waals surface area contributed by atoms with Gasteiger partial charge >= 0.3 is 0 Å². The summed E-state index contributed by atoms with van der Waals surface area (Å²) in [5.41, 5.74) is 0.857. The molecule has 0 aromatic heterocycles. The van der Waals surface area contributed by atoms with Gasteiger partial charge in [-0.2, -0.15) is 0 Å². The average molecular weight is 337 g/mol. The fourth-order valence-corrected chi connectivity index (χ4v) is 1.97. The maximum absolute atomic E-state index is 9.25. The van der Waals surface area contributed by atoms with E-state index in [4.69, 9.17) is 23.2 Å². The van der Waals surface area contributed by atoms with Crippen molar-refractivity contribution in [2.75, 3.05) is 0 Å². The molecule has 7 nitrogen and oxygen atoms in total. The van der Waals surface area contributed by atoms with Gasteiger partial charge in [-0.25, -0.2) is 9.98 Å². The van der Waals surface area contributed by atoms with Crippen LogP contribution in [0, 0.1) is 0 Å². The van der Waals surface area contributed by atoms with E-state index in [1.807, 2.05) is 30.3 Å². The molecule has 22 heavy (non-hydrogen) atoms. The van der Waals surface area contributed by atoms with Crippen LogP contribution in [0.5, 0.6) is 0 Å². The SMILES string of the molecule is OC(Cl)(Cl)CCC1=NC(=C2N=NC(c3ccccc3)=N2)N=N1. The van der Waals surface area contributed by atoms with E-state index in [0.29, 0.717) is 17.5 Å². The van der Waals surface area contributed by atoms with Crippen molar-refractivity contribution in [1.82, 2.24) is 0 Å². The minimum atomic E-state index is -1.81. The van der Waals surface area contributed by atoms with Crippen LogP contribution in [0.15, 0.2) is 72.4 Å². The van der Waals surface area contributed by atoms with E-state index in [0.717, 1.165) is 5.56 Å². The van der Waals surface area contributed by atoms with Crippen molar-refractivity contribution in [2.45, 2.75) is 17.4 Å². The highest BCUT2D eigenvalue weighted by molar-refractivity contribution is 6.46. The summed E-state index contributed by atoms with van der Waals surface area (Å²) in [4.78, 5) is 8.46. The molecule has 112 valence electrons. The third kappa shape index (κ3) is 3.62. The highest BCUT2D eigenvalue weighted by Crippen LogP contribution is 2.27. The summed E-state index contributed by atoms with van der Waals surface area (Å²) in [7, 11) is 0. The second kappa shape index (κ2) is 6.04. The second-order valence-corrected chi connectivity index (χ2v) is 5.99. The lowest BCUT2D eigenvalue weighted by atomic mass is 10.2. The highest BCUT2D eigenvalue weighted by atomic mass is 35.5. The van der Waals surface area contributed by atoms with Crippen LogP contribution in [0.4, 0.5) is 0 Å². The van der Waals surface area contributed by atoms with E-state index in [2.05, 4.69) is 30.4 Å². The van der Waals surface area contributed by atoms with E-state index in [1.54, 1.807) is 0 Å². The Morgan fingerprint density at radius 1 is 0.909 bits per heavy atom. The minimum Gasteiger partial charge on any atom is -0.363 e. The summed E-state index contributed by atoms with van der Waals surface area (Å²) in [6.07, 6.45) is 0.382. The molecule has 0 unspecified atom stereocenters. The third-order valence-electron chi connectivity index (χ3n) is 2.83. The molecule has 0 saturated heterocycles. The number of alkyl halides is 2. The van der Waals surface area contributed by atoms with Gasteiger partial charge in [-0.3, -0.25) is 0 Å². The number of rotatable bonds is 4. The number of hydrogen-bond donors (Lipinski definition) is 1. The quantitative estimate of drug-likeness (QED) is 0.831. The topological polar surface area (TPSA) is 94.4 Å². The van der Waals surface area contributed by atoms with Crippen molar-refractivity contribution >= 4 is 34.9 Å². The van der Waals surface area contributed by atoms with Crippen LogP contribution >= 0.6 is 23.2 Å². The Labute approximate surface area is 135 Å². The van der Waals surface area contributed by atoms with E-state index in [9.17, 15) is 5.11 Å². The summed E-state index contributed by atoms with van der Waals surface area (Å²) in [6, 6.07) is 9.47. The van der Waals surface area contributed by atoms with Crippen LogP contribution in [-0.4, -0.2) is 21.3 Å². The van der Waals surface area contributed by atoms with Crippen LogP contribution in [0.25, 0.3) is 0 Å². The van der Waals surface area contributed by atoms with Crippen molar-refractivity contribution in [1.29, 1.82) is 0 Å². The van der Waals surface area contributed by atoms with Gasteiger partial charge in [0.05, 0.1) is 0 Å². The van der Waals surface area contributed by atoms with Crippen LogP contribution in [0.3, 0.4) is 0 Å². The Hall–Kier alpha value is -1.96. The van der Waals surface area contributed by atoms with Crippen molar-refractivity contribution in [2.24, 2.45) is 30.4 Å². The molecule has 0 amide bonds. The zero-order valence-corrected chi connectivity index (χ0v) is 12.7. The Morgan fingerprint density at radius 3 is 2.32 bits per heavy atom. The molecule has 2 heterocycles. The smallest absolute Gasteiger partial charge is 0.223 e. The fourth-order valence-electron chi connectivity index (χ4n) is 1.78. The van der Waals surface area contributed by atoms with Gasteiger partial charge in [0.15, 0.2) is 11.7 Å². The standard InChI is InChI=1S/C13H10Cl2N6O/c14-13(15,22)7-6-9-16-11(20-18-9)12-17-10(19-21-12)8-4-2-1-3-5-8/h1-5,22H,6-7H2. The fraction of sp³-hybridized carbons (Fsp3) is 0.231. The van der Waals surface area contributed by atoms with Gasteiger partial charge in [-0.05, 0) is 0 Å². The number of benzene rings is 1. The molecular weight excluding hydrogens is 327 g/mol. The molecule has 0 saturated carbocycles. The van der Waals surface area contributed by atoms with Crippen molar-refractivity contribution < 1.29 is 5.11 Å². The molecule has 0 bridgehead atoms. The van der Waals surface area contributed by atoms with Crippen LogP contribution in [-0.2, 0) is 0 Å². The largest absolute Gasteiger partial charge is 0.363 e. The molecule has 2 aliphatic rings. The van der Waals surface area contributed by atoms with Crippen molar-refractivity contribution in [3.05, 3.63) is 47.5 Å². The van der Waals surface area contributed by atoms with Gasteiger partial charge in [-0.1, -0.05) is 53.5 Å². The monoisotopic (exact) mass is 336 g/mol. The molecule has 0 fully saturated rings. The zero-order valence-electron chi connectivity index (χ0n) is 11.2. The number of nitrogens with zero attached hydrogens (tertiary/aromatic N) is 6. The molecule has 0 spiro atoms. The summed E-state index contributed by atoms with van der Waals surface area (Å²) < 4.78 is -1.81. The average Bonchev–Trinajstić information content (AvgIpc) is 3.14. The van der Waals surface area contributed by atoms with Crippen LogP contribution in [0.1, 0.15) is 18.4 Å². The molecule has 2 aliphatic heterocycles. The van der Waals surface area contributed by atoms with Gasteiger partial charge in [0.25, 0.3) is 0 Å². The number of azo groups is 2. The first-order valence-corrected chi connectivity index (χ1v) is 7.16. The Balaban J connectivity index is 1.77. The minimum absolute atomic E-state index is 0.0939. The van der Waals surface area contributed by atoms with Gasteiger partial charge in [0.2, 0.25) is 16.2 Å². The summed E-state index contributed by atoms with van der Waals surface area (Å²) in [5, 5.41) is 25.0. The first-order valence-electron chi connectivity index (χ1n) is 6.41. The maximum atomic E-state index is 9.25. The van der Waals surface area contributed by atoms with Crippen LogP contribution < -0.4 is 0 Å². The Bertz CT molecular complexity index is 731. The maximum Gasteiger partial charge on any atom is 0.223 e. The summed E-state index contributed by atoms with van der Waals surface area (Å²) >= 11 is 11.0. The van der Waals surface area contributed by atoms with Crippen molar-refractivity contribution in [3.63, 3.8) is 0 Å². The van der Waals surface area contributed by atoms with Gasteiger partial charge < -0.3 is 5.11 Å². The molecule has 0 radical (unpaired) electrons. The number of amidine groups is 2. The third-order valence-corrected chi connectivity index (χ3v) is 3.21. The highest BCUT2D eigenvalue weighted by Gasteiger charge is 2.22. The molecule has 1 N–H and O–H groups in total. The molecule has 0 aliphatic carbocycles. The predicted molar refractivity (Wildman–Crippen MR) is 83.0 cm³/mol. The molecule has 3 rings (SSSR count). The Morgan fingerprint density at radius 2 is 1.59 bits per heavy atom. The molecule has 0 atom stereocenters. The first kappa shape index (κ1) is 15.0. The number of aliphatic imine (C=N–C) groups is 2. The lowest BCUT2D eigenvalue weighted by Crippen LogP contribution is -2.12. The normalized spacial score (nSPS) is 20.5. The van der Waals surface area contributed by atoms with Gasteiger partial charge in [0.1, 0.15) is 0 Å². The molecule has 1 aromatic rings. The number of hydrogen-bond acceptors (Lipinski definition) is 7. The molecule has 9 heteroatoms. The van der Waals surface area contributed by atoms with E-state index in [-0.39, 0.29) is 18.7 Å². The summed E-state index contributed by atoms with van der Waals surface area (Å²) in [6.45, 7) is 0. The van der Waals surface area contributed by atoms with Gasteiger partial charge in [-0.15, -0.1) is 20.5 Å². The first-order chi connectivity index (χ1) is 10.5. The van der Waals surface area contributed by atoms with Crippen LogP contribution in [0.2, 0.25) is 0 Å². The zero-order chi connectivity index (χ0) is 15.6. The number of aliphatic hydroxyl groups is 1. The summed E-state index contributed by atoms with van der Waals surface area (Å²) in [5.74, 6) is 1.47. The van der Waals surface area contributed by atoms with E-state index in [1.165, 1.54) is 0 Å². The van der Waals surface area contributed by atoms with E-state index < -0.39 is 4.52 Å².